The molecule has 1 N–H and O–H groups in total. The van der Waals surface area contributed by atoms with Crippen LogP contribution in [0, 0.1) is 0 Å². The minimum Gasteiger partial charge on any atom is -0.454 e. The van der Waals surface area contributed by atoms with Crippen molar-refractivity contribution < 1.29 is 8.83 Å². The molecule has 194 valence electrons. The molecule has 0 saturated carbocycles. The van der Waals surface area contributed by atoms with Crippen molar-refractivity contribution in [2.75, 3.05) is 16.8 Å². The standard InChI is InChI=1S/C36H23N3O2/c1-2-8-26-22(7-1)13-14-23-17-24(15-16-27(23)26)39(25-18-30-28-9-3-6-12-34(28)41-36(30)38-19-25)32-21-37-20-31-29-10-4-5-11-33(29)40-35(31)32/h1-18,20-21,38H,19H2. The molecular formula is C36H23N3O2. The lowest BCUT2D eigenvalue weighted by Crippen LogP contribution is -2.24. The summed E-state index contributed by atoms with van der Waals surface area (Å²) in [6.45, 7) is 0.583. The van der Waals surface area contributed by atoms with Gasteiger partial charge in [-0.25, -0.2) is 0 Å². The number of hydrogen-bond donors (Lipinski definition) is 1. The van der Waals surface area contributed by atoms with E-state index >= 15 is 0 Å². The van der Waals surface area contributed by atoms with Crippen molar-refractivity contribution in [1.82, 2.24) is 4.98 Å². The van der Waals surface area contributed by atoms with E-state index in [1.54, 1.807) is 0 Å². The van der Waals surface area contributed by atoms with Gasteiger partial charge in [0.2, 0.25) is 5.88 Å². The number of para-hydroxylation sites is 2. The summed E-state index contributed by atoms with van der Waals surface area (Å²) in [6, 6.07) is 35.9. The number of benzene rings is 5. The van der Waals surface area contributed by atoms with Crippen LogP contribution in [0.15, 0.2) is 130 Å². The summed E-state index contributed by atoms with van der Waals surface area (Å²) < 4.78 is 12.6. The largest absolute Gasteiger partial charge is 0.454 e. The Morgan fingerprint density at radius 3 is 2.27 bits per heavy atom. The van der Waals surface area contributed by atoms with E-state index in [-0.39, 0.29) is 0 Å². The van der Waals surface area contributed by atoms with E-state index in [1.165, 1.54) is 21.5 Å². The quantitative estimate of drug-likeness (QED) is 0.231. The summed E-state index contributed by atoms with van der Waals surface area (Å²) in [6.07, 6.45) is 6.02. The Balaban J connectivity index is 1.31. The van der Waals surface area contributed by atoms with Crippen molar-refractivity contribution >= 4 is 77.8 Å². The van der Waals surface area contributed by atoms with Crippen molar-refractivity contribution in [2.45, 2.75) is 0 Å². The zero-order valence-corrected chi connectivity index (χ0v) is 22.0. The predicted molar refractivity (Wildman–Crippen MR) is 168 cm³/mol. The maximum atomic E-state index is 6.50. The molecule has 0 atom stereocenters. The van der Waals surface area contributed by atoms with Crippen molar-refractivity contribution in [3.05, 3.63) is 127 Å². The molecule has 0 spiro atoms. The second-order valence-corrected chi connectivity index (χ2v) is 10.5. The van der Waals surface area contributed by atoms with Crippen molar-refractivity contribution in [3.8, 4) is 0 Å². The van der Waals surface area contributed by atoms with Crippen LogP contribution < -0.4 is 10.2 Å². The third kappa shape index (κ3) is 3.33. The number of hydrogen-bond acceptors (Lipinski definition) is 5. The van der Waals surface area contributed by atoms with Gasteiger partial charge in [-0.3, -0.25) is 4.98 Å². The number of aromatic nitrogens is 1. The van der Waals surface area contributed by atoms with Gasteiger partial charge in [0, 0.05) is 39.3 Å². The average Bonchev–Trinajstić information content (AvgIpc) is 3.60. The number of fused-ring (bicyclic) bond motifs is 9. The first-order chi connectivity index (χ1) is 20.3. The molecule has 1 aliphatic heterocycles. The molecule has 0 unspecified atom stereocenters. The molecule has 0 bridgehead atoms. The van der Waals surface area contributed by atoms with Crippen molar-refractivity contribution in [2.24, 2.45) is 0 Å². The molecule has 8 aromatic rings. The summed E-state index contributed by atoms with van der Waals surface area (Å²) in [4.78, 5) is 6.96. The van der Waals surface area contributed by atoms with Gasteiger partial charge in [0.25, 0.3) is 0 Å². The fraction of sp³-hybridized carbons (Fsp3) is 0.0278. The number of furan rings is 2. The predicted octanol–water partition coefficient (Wildman–Crippen LogP) is 9.64. The number of rotatable bonds is 3. The smallest absolute Gasteiger partial charge is 0.201 e. The first kappa shape index (κ1) is 22.3. The molecule has 4 heterocycles. The van der Waals surface area contributed by atoms with Crippen molar-refractivity contribution in [3.63, 3.8) is 0 Å². The summed E-state index contributed by atoms with van der Waals surface area (Å²) >= 11 is 0. The molecule has 0 radical (unpaired) electrons. The van der Waals surface area contributed by atoms with Crippen LogP contribution in [0.2, 0.25) is 0 Å². The molecule has 9 rings (SSSR count). The van der Waals surface area contributed by atoms with Gasteiger partial charge >= 0.3 is 0 Å². The number of anilines is 3. The number of nitrogens with one attached hydrogen (secondary N) is 1. The summed E-state index contributed by atoms with van der Waals surface area (Å²) in [5.41, 5.74) is 6.56. The van der Waals surface area contributed by atoms with E-state index in [4.69, 9.17) is 13.8 Å². The van der Waals surface area contributed by atoms with Gasteiger partial charge in [-0.15, -0.1) is 0 Å². The Labute approximate surface area is 234 Å². The molecule has 0 fully saturated rings. The Hall–Kier alpha value is -5.55. The first-order valence-corrected chi connectivity index (χ1v) is 13.7. The lowest BCUT2D eigenvalue weighted by molar-refractivity contribution is 0.626. The molecule has 0 aliphatic carbocycles. The molecule has 1 aliphatic rings. The molecule has 0 saturated heterocycles. The minimum atomic E-state index is 0.583. The zero-order valence-electron chi connectivity index (χ0n) is 22.0. The van der Waals surface area contributed by atoms with E-state index in [9.17, 15) is 0 Å². The van der Waals surface area contributed by atoms with Gasteiger partial charge < -0.3 is 19.1 Å². The van der Waals surface area contributed by atoms with Crippen LogP contribution in [-0.4, -0.2) is 11.5 Å². The lowest BCUT2D eigenvalue weighted by atomic mass is 10.0. The number of nitrogens with zero attached hydrogens (tertiary/aromatic N) is 2. The Bertz CT molecular complexity index is 2340. The highest BCUT2D eigenvalue weighted by molar-refractivity contribution is 6.11. The summed E-state index contributed by atoms with van der Waals surface area (Å²) in [5, 5.41) is 11.5. The molecule has 5 aromatic carbocycles. The molecule has 5 heteroatoms. The second-order valence-electron chi connectivity index (χ2n) is 10.5. The average molecular weight is 530 g/mol. The van der Waals surface area contributed by atoms with Crippen molar-refractivity contribution in [1.29, 1.82) is 0 Å². The highest BCUT2D eigenvalue weighted by Crippen LogP contribution is 2.43. The van der Waals surface area contributed by atoms with Crippen LogP contribution in [0.3, 0.4) is 0 Å². The molecular weight excluding hydrogens is 506 g/mol. The number of pyridine rings is 1. The van der Waals surface area contributed by atoms with E-state index in [0.29, 0.717) is 6.54 Å². The van der Waals surface area contributed by atoms with Crippen LogP contribution in [-0.2, 0) is 0 Å². The molecule has 0 amide bonds. The lowest BCUT2D eigenvalue weighted by Gasteiger charge is -2.30. The van der Waals surface area contributed by atoms with Crippen LogP contribution in [0.25, 0.3) is 60.5 Å². The van der Waals surface area contributed by atoms with E-state index in [2.05, 4.69) is 83.0 Å². The van der Waals surface area contributed by atoms with Crippen LogP contribution in [0.1, 0.15) is 5.56 Å². The highest BCUT2D eigenvalue weighted by Gasteiger charge is 2.26. The Morgan fingerprint density at radius 1 is 0.634 bits per heavy atom. The normalized spacial score (nSPS) is 13.1. The van der Waals surface area contributed by atoms with E-state index in [1.807, 2.05) is 48.8 Å². The SMILES string of the molecule is C1=C(N(c2ccc3c(ccc4ccccc43)c2)c2cncc3c2oc2ccccc23)CNc2oc3ccccc3c21. The van der Waals surface area contributed by atoms with Gasteiger partial charge in [0.1, 0.15) is 16.9 Å². The van der Waals surface area contributed by atoms with Gasteiger partial charge in [0.05, 0.1) is 12.7 Å². The monoisotopic (exact) mass is 529 g/mol. The zero-order chi connectivity index (χ0) is 26.9. The fourth-order valence-electron chi connectivity index (χ4n) is 6.26. The first-order valence-electron chi connectivity index (χ1n) is 13.7. The van der Waals surface area contributed by atoms with E-state index < -0.39 is 0 Å². The highest BCUT2D eigenvalue weighted by atomic mass is 16.4. The van der Waals surface area contributed by atoms with E-state index in [0.717, 1.165) is 61.4 Å². The van der Waals surface area contributed by atoms with Gasteiger partial charge in [-0.1, -0.05) is 78.9 Å². The van der Waals surface area contributed by atoms with Gasteiger partial charge in [-0.05, 0) is 51.9 Å². The third-order valence-electron chi connectivity index (χ3n) is 8.16. The van der Waals surface area contributed by atoms with Gasteiger partial charge in [0.15, 0.2) is 5.58 Å². The second kappa shape index (κ2) is 8.47. The molecule has 41 heavy (non-hydrogen) atoms. The summed E-state index contributed by atoms with van der Waals surface area (Å²) in [5.74, 6) is 0.792. The molecule has 5 nitrogen and oxygen atoms in total. The topological polar surface area (TPSA) is 54.4 Å². The van der Waals surface area contributed by atoms with Gasteiger partial charge in [-0.2, -0.15) is 0 Å². The van der Waals surface area contributed by atoms with Crippen LogP contribution in [0.4, 0.5) is 17.3 Å². The maximum Gasteiger partial charge on any atom is 0.201 e. The Morgan fingerprint density at radius 2 is 1.37 bits per heavy atom. The summed E-state index contributed by atoms with van der Waals surface area (Å²) in [7, 11) is 0. The Kier molecular flexibility index (Phi) is 4.61. The maximum absolute atomic E-state index is 6.50. The van der Waals surface area contributed by atoms with Crippen LogP contribution >= 0.6 is 0 Å². The fourth-order valence-corrected chi connectivity index (χ4v) is 6.26. The minimum absolute atomic E-state index is 0.583. The molecule has 3 aromatic heterocycles. The van der Waals surface area contributed by atoms with Crippen LogP contribution in [0.5, 0.6) is 0 Å². The third-order valence-corrected chi connectivity index (χ3v) is 8.16.